The lowest BCUT2D eigenvalue weighted by Crippen LogP contribution is -2.38. The number of fused-ring (bicyclic) bond motifs is 1. The molecule has 0 aliphatic heterocycles. The van der Waals surface area contributed by atoms with E-state index in [4.69, 9.17) is 9.63 Å². The highest BCUT2D eigenvalue weighted by atomic mass is 16.5. The summed E-state index contributed by atoms with van der Waals surface area (Å²) < 4.78 is 5.16. The summed E-state index contributed by atoms with van der Waals surface area (Å²) in [5, 5.41) is 13.5. The van der Waals surface area contributed by atoms with E-state index in [0.717, 1.165) is 5.39 Å². The molecule has 19 heavy (non-hydrogen) atoms. The maximum atomic E-state index is 12.5. The van der Waals surface area contributed by atoms with Crippen molar-refractivity contribution in [1.82, 2.24) is 10.1 Å². The van der Waals surface area contributed by atoms with Gasteiger partial charge in [0, 0.05) is 19.2 Å². The van der Waals surface area contributed by atoms with Crippen molar-refractivity contribution in [2.75, 3.05) is 13.2 Å². The van der Waals surface area contributed by atoms with Gasteiger partial charge in [-0.25, -0.2) is 0 Å². The molecule has 1 aromatic heterocycles. The molecule has 0 bridgehead atoms. The van der Waals surface area contributed by atoms with Crippen LogP contribution in [-0.4, -0.2) is 40.3 Å². The number of benzene rings is 1. The zero-order valence-corrected chi connectivity index (χ0v) is 11.2. The maximum Gasteiger partial charge on any atom is 0.276 e. The fourth-order valence-electron chi connectivity index (χ4n) is 2.01. The van der Waals surface area contributed by atoms with Crippen molar-refractivity contribution in [3.63, 3.8) is 0 Å². The fourth-order valence-corrected chi connectivity index (χ4v) is 2.01. The summed E-state index contributed by atoms with van der Waals surface area (Å²) in [7, 11) is 0. The van der Waals surface area contributed by atoms with Gasteiger partial charge in [0.25, 0.3) is 5.91 Å². The molecular formula is C14H18N2O3. The number of para-hydroxylation sites is 1. The van der Waals surface area contributed by atoms with Crippen LogP contribution in [0.2, 0.25) is 0 Å². The zero-order valence-electron chi connectivity index (χ0n) is 11.2. The molecule has 0 atom stereocenters. The highest BCUT2D eigenvalue weighted by Crippen LogP contribution is 2.20. The van der Waals surface area contributed by atoms with E-state index in [1.165, 1.54) is 0 Å². The van der Waals surface area contributed by atoms with E-state index in [9.17, 15) is 4.79 Å². The van der Waals surface area contributed by atoms with E-state index in [-0.39, 0.29) is 18.6 Å². The number of aromatic nitrogens is 1. The first-order valence-corrected chi connectivity index (χ1v) is 6.41. The lowest BCUT2D eigenvalue weighted by atomic mass is 10.2. The maximum absolute atomic E-state index is 12.5. The van der Waals surface area contributed by atoms with Crippen LogP contribution in [0.15, 0.2) is 28.8 Å². The number of nitrogens with zero attached hydrogens (tertiary/aromatic N) is 2. The number of hydrogen-bond donors (Lipinski definition) is 1. The van der Waals surface area contributed by atoms with Crippen LogP contribution in [0, 0.1) is 0 Å². The molecule has 0 spiro atoms. The molecular weight excluding hydrogens is 244 g/mol. The van der Waals surface area contributed by atoms with Crippen LogP contribution in [0.1, 0.15) is 30.8 Å². The van der Waals surface area contributed by atoms with Crippen LogP contribution in [0.3, 0.4) is 0 Å². The summed E-state index contributed by atoms with van der Waals surface area (Å²) in [6.07, 6.45) is 0.555. The fraction of sp³-hybridized carbons (Fsp3) is 0.429. The van der Waals surface area contributed by atoms with E-state index in [1.807, 2.05) is 32.0 Å². The predicted octanol–water partition coefficient (Wildman–Crippen LogP) is 2.06. The molecule has 0 radical (unpaired) electrons. The highest BCUT2D eigenvalue weighted by molar-refractivity contribution is 6.04. The van der Waals surface area contributed by atoms with Crippen molar-refractivity contribution in [2.45, 2.75) is 26.3 Å². The van der Waals surface area contributed by atoms with Gasteiger partial charge in [-0.3, -0.25) is 4.79 Å². The average Bonchev–Trinajstić information content (AvgIpc) is 2.82. The summed E-state index contributed by atoms with van der Waals surface area (Å²) in [6, 6.07) is 7.35. The summed E-state index contributed by atoms with van der Waals surface area (Å²) in [5.74, 6) is -0.159. The summed E-state index contributed by atoms with van der Waals surface area (Å²) in [5.41, 5.74) is 0.943. The number of aliphatic hydroxyl groups is 1. The Morgan fingerprint density at radius 2 is 2.16 bits per heavy atom. The Labute approximate surface area is 111 Å². The number of aliphatic hydroxyl groups excluding tert-OH is 1. The summed E-state index contributed by atoms with van der Waals surface area (Å²) >= 11 is 0. The lowest BCUT2D eigenvalue weighted by Gasteiger charge is -2.25. The van der Waals surface area contributed by atoms with Crippen LogP contribution in [0.4, 0.5) is 0 Å². The van der Waals surface area contributed by atoms with E-state index in [2.05, 4.69) is 5.16 Å². The Kier molecular flexibility index (Phi) is 4.16. The Hall–Kier alpha value is -1.88. The minimum Gasteiger partial charge on any atom is -0.396 e. The molecule has 1 N–H and O–H groups in total. The van der Waals surface area contributed by atoms with E-state index in [0.29, 0.717) is 24.2 Å². The van der Waals surface area contributed by atoms with Crippen LogP contribution in [0.5, 0.6) is 0 Å². The Balaban J connectivity index is 2.30. The third kappa shape index (κ3) is 2.76. The van der Waals surface area contributed by atoms with E-state index in [1.54, 1.807) is 11.0 Å². The van der Waals surface area contributed by atoms with Crippen molar-refractivity contribution in [2.24, 2.45) is 0 Å². The molecule has 1 aromatic carbocycles. The predicted molar refractivity (Wildman–Crippen MR) is 71.9 cm³/mol. The Morgan fingerprint density at radius 3 is 2.84 bits per heavy atom. The first-order valence-electron chi connectivity index (χ1n) is 6.41. The van der Waals surface area contributed by atoms with Crippen molar-refractivity contribution in [3.8, 4) is 0 Å². The van der Waals surface area contributed by atoms with Crippen LogP contribution >= 0.6 is 0 Å². The third-order valence-corrected chi connectivity index (χ3v) is 3.02. The molecule has 1 heterocycles. The molecule has 102 valence electrons. The largest absolute Gasteiger partial charge is 0.396 e. The van der Waals surface area contributed by atoms with Gasteiger partial charge in [-0.2, -0.15) is 0 Å². The van der Waals surface area contributed by atoms with Gasteiger partial charge in [0.15, 0.2) is 11.3 Å². The summed E-state index contributed by atoms with van der Waals surface area (Å²) in [6.45, 7) is 4.46. The highest BCUT2D eigenvalue weighted by Gasteiger charge is 2.23. The molecule has 5 nitrogen and oxygen atoms in total. The monoisotopic (exact) mass is 262 g/mol. The minimum atomic E-state index is -0.159. The van der Waals surface area contributed by atoms with Gasteiger partial charge in [0.1, 0.15) is 0 Å². The van der Waals surface area contributed by atoms with E-state index < -0.39 is 0 Å². The van der Waals surface area contributed by atoms with Crippen molar-refractivity contribution >= 4 is 16.9 Å². The molecule has 2 aromatic rings. The van der Waals surface area contributed by atoms with Gasteiger partial charge in [-0.15, -0.1) is 0 Å². The topological polar surface area (TPSA) is 66.6 Å². The van der Waals surface area contributed by atoms with Gasteiger partial charge in [-0.1, -0.05) is 17.3 Å². The van der Waals surface area contributed by atoms with Gasteiger partial charge in [0.2, 0.25) is 0 Å². The lowest BCUT2D eigenvalue weighted by molar-refractivity contribution is 0.0684. The number of rotatable bonds is 5. The Bertz CT molecular complexity index is 563. The third-order valence-electron chi connectivity index (χ3n) is 3.02. The molecule has 1 amide bonds. The molecule has 0 saturated carbocycles. The minimum absolute atomic E-state index is 0.0505. The number of hydrogen-bond acceptors (Lipinski definition) is 4. The van der Waals surface area contributed by atoms with Crippen molar-refractivity contribution in [3.05, 3.63) is 30.0 Å². The number of amides is 1. The molecule has 2 rings (SSSR count). The normalized spacial score (nSPS) is 11.2. The molecule has 0 aliphatic carbocycles. The molecule has 0 saturated heterocycles. The van der Waals surface area contributed by atoms with Gasteiger partial charge in [0.05, 0.1) is 5.39 Å². The quantitative estimate of drug-likeness (QED) is 0.895. The summed E-state index contributed by atoms with van der Waals surface area (Å²) in [4.78, 5) is 14.2. The second kappa shape index (κ2) is 5.84. The molecule has 0 fully saturated rings. The molecule has 0 aliphatic rings. The molecule has 5 heteroatoms. The average molecular weight is 262 g/mol. The molecule has 0 unspecified atom stereocenters. The number of carbonyl (C=O) groups excluding carboxylic acids is 1. The van der Waals surface area contributed by atoms with Crippen LogP contribution in [0.25, 0.3) is 11.0 Å². The van der Waals surface area contributed by atoms with Gasteiger partial charge in [-0.05, 0) is 32.4 Å². The van der Waals surface area contributed by atoms with Crippen LogP contribution in [-0.2, 0) is 0 Å². The second-order valence-corrected chi connectivity index (χ2v) is 4.70. The van der Waals surface area contributed by atoms with Crippen LogP contribution < -0.4 is 0 Å². The first-order chi connectivity index (χ1) is 9.15. The number of carbonyl (C=O) groups is 1. The van der Waals surface area contributed by atoms with Gasteiger partial charge < -0.3 is 14.5 Å². The standard InChI is InChI=1S/C14H18N2O3/c1-10(2)16(8-5-9-17)14(18)13-11-6-3-4-7-12(11)19-15-13/h3-4,6-7,10,17H,5,8-9H2,1-2H3. The second-order valence-electron chi connectivity index (χ2n) is 4.70. The van der Waals surface area contributed by atoms with E-state index >= 15 is 0 Å². The first kappa shape index (κ1) is 13.5. The SMILES string of the molecule is CC(C)N(CCCO)C(=O)c1noc2ccccc12. The van der Waals surface area contributed by atoms with Gasteiger partial charge >= 0.3 is 0 Å². The van der Waals surface area contributed by atoms with Crippen molar-refractivity contribution < 1.29 is 14.4 Å². The Morgan fingerprint density at radius 1 is 1.42 bits per heavy atom. The zero-order chi connectivity index (χ0) is 13.8. The van der Waals surface area contributed by atoms with Crippen molar-refractivity contribution in [1.29, 1.82) is 0 Å². The smallest absolute Gasteiger partial charge is 0.276 e.